The summed E-state index contributed by atoms with van der Waals surface area (Å²) < 4.78 is 5.18. The van der Waals surface area contributed by atoms with Crippen molar-refractivity contribution in [3.8, 4) is 0 Å². The van der Waals surface area contributed by atoms with E-state index in [-0.39, 0.29) is 0 Å². The van der Waals surface area contributed by atoms with Crippen LogP contribution in [0.3, 0.4) is 0 Å². The Morgan fingerprint density at radius 3 is 2.41 bits per heavy atom. The van der Waals surface area contributed by atoms with Gasteiger partial charge >= 0.3 is 0 Å². The monoisotopic (exact) mass is 241 g/mol. The van der Waals surface area contributed by atoms with Crippen LogP contribution in [0.4, 0.5) is 0 Å². The van der Waals surface area contributed by atoms with E-state index >= 15 is 0 Å². The zero-order chi connectivity index (χ0) is 12.7. The average Bonchev–Trinajstić information content (AvgIpc) is 2.29. The second kappa shape index (κ2) is 6.84. The Kier molecular flexibility index (Phi) is 5.75. The topological polar surface area (TPSA) is 50.8 Å². The number of methoxy groups -OCH3 is 1. The second-order valence-corrected chi connectivity index (χ2v) is 4.94. The minimum Gasteiger partial charge on any atom is -0.385 e. The third-order valence-corrected chi connectivity index (χ3v) is 3.91. The lowest BCUT2D eigenvalue weighted by Gasteiger charge is -2.41. The van der Waals surface area contributed by atoms with Gasteiger partial charge in [0.15, 0.2) is 5.96 Å². The standard InChI is InChI=1S/C13H27N3O/c1-4-16(5-2)12(14)15-11-13(7-6-8-13)9-10-17-3/h4-11H2,1-3H3,(H2,14,15). The van der Waals surface area contributed by atoms with Crippen LogP contribution in [0.1, 0.15) is 39.5 Å². The lowest BCUT2D eigenvalue weighted by molar-refractivity contribution is 0.0777. The van der Waals surface area contributed by atoms with Gasteiger partial charge in [0.2, 0.25) is 0 Å². The highest BCUT2D eigenvalue weighted by atomic mass is 16.5. The molecule has 1 rings (SSSR count). The molecule has 0 amide bonds. The number of ether oxygens (including phenoxy) is 1. The van der Waals surface area contributed by atoms with Crippen molar-refractivity contribution in [1.29, 1.82) is 0 Å². The van der Waals surface area contributed by atoms with Crippen LogP contribution >= 0.6 is 0 Å². The normalized spacial score (nSPS) is 18.9. The molecule has 0 aromatic carbocycles. The molecule has 0 aromatic heterocycles. The molecule has 4 heteroatoms. The van der Waals surface area contributed by atoms with Gasteiger partial charge in [-0.2, -0.15) is 0 Å². The minimum atomic E-state index is 0.369. The van der Waals surface area contributed by atoms with Crippen LogP contribution in [0, 0.1) is 5.41 Å². The molecule has 0 bridgehead atoms. The van der Waals surface area contributed by atoms with Crippen LogP contribution in [0.5, 0.6) is 0 Å². The Morgan fingerprint density at radius 1 is 1.35 bits per heavy atom. The van der Waals surface area contributed by atoms with E-state index in [9.17, 15) is 0 Å². The quantitative estimate of drug-likeness (QED) is 0.546. The van der Waals surface area contributed by atoms with Gasteiger partial charge in [0.1, 0.15) is 0 Å². The fourth-order valence-electron chi connectivity index (χ4n) is 2.38. The summed E-state index contributed by atoms with van der Waals surface area (Å²) in [5.74, 6) is 0.693. The van der Waals surface area contributed by atoms with Gasteiger partial charge in [-0.1, -0.05) is 6.42 Å². The molecule has 100 valence electrons. The molecule has 1 aliphatic carbocycles. The fourth-order valence-corrected chi connectivity index (χ4v) is 2.38. The van der Waals surface area contributed by atoms with E-state index in [4.69, 9.17) is 10.5 Å². The molecule has 0 unspecified atom stereocenters. The number of nitrogens with zero attached hydrogens (tertiary/aromatic N) is 2. The lowest BCUT2D eigenvalue weighted by Crippen LogP contribution is -2.40. The van der Waals surface area contributed by atoms with Crippen LogP contribution in [-0.2, 0) is 4.74 Å². The highest BCUT2D eigenvalue weighted by molar-refractivity contribution is 5.78. The summed E-state index contributed by atoms with van der Waals surface area (Å²) in [5.41, 5.74) is 6.37. The molecule has 0 heterocycles. The molecule has 0 saturated heterocycles. The molecule has 0 atom stereocenters. The molecule has 1 fully saturated rings. The summed E-state index contributed by atoms with van der Waals surface area (Å²) >= 11 is 0. The fraction of sp³-hybridized carbons (Fsp3) is 0.923. The SMILES string of the molecule is CCN(CC)C(N)=NCC1(CCOC)CCC1. The Balaban J connectivity index is 2.48. The van der Waals surface area contributed by atoms with E-state index in [2.05, 4.69) is 23.7 Å². The van der Waals surface area contributed by atoms with Gasteiger partial charge in [0.25, 0.3) is 0 Å². The van der Waals surface area contributed by atoms with E-state index in [0.29, 0.717) is 11.4 Å². The van der Waals surface area contributed by atoms with Crippen LogP contribution < -0.4 is 5.73 Å². The first-order chi connectivity index (χ1) is 8.17. The van der Waals surface area contributed by atoms with Crippen molar-refractivity contribution < 1.29 is 4.74 Å². The number of hydrogen-bond donors (Lipinski definition) is 1. The Bertz CT molecular complexity index is 245. The summed E-state index contributed by atoms with van der Waals surface area (Å²) in [7, 11) is 1.76. The Hall–Kier alpha value is -0.770. The predicted octanol–water partition coefficient (Wildman–Crippen LogP) is 1.85. The molecule has 4 nitrogen and oxygen atoms in total. The van der Waals surface area contributed by atoms with Gasteiger partial charge in [0, 0.05) is 33.4 Å². The van der Waals surface area contributed by atoms with E-state index in [1.807, 2.05) is 0 Å². The summed E-state index contributed by atoms with van der Waals surface area (Å²) in [5, 5.41) is 0. The summed E-state index contributed by atoms with van der Waals surface area (Å²) in [6, 6.07) is 0. The molecule has 0 aromatic rings. The van der Waals surface area contributed by atoms with E-state index in [0.717, 1.165) is 32.7 Å². The van der Waals surface area contributed by atoms with Crippen LogP contribution in [0.15, 0.2) is 4.99 Å². The van der Waals surface area contributed by atoms with E-state index in [1.54, 1.807) is 7.11 Å². The third kappa shape index (κ3) is 3.87. The van der Waals surface area contributed by atoms with E-state index in [1.165, 1.54) is 19.3 Å². The molecule has 0 spiro atoms. The highest BCUT2D eigenvalue weighted by Crippen LogP contribution is 2.44. The maximum atomic E-state index is 6.00. The van der Waals surface area contributed by atoms with Gasteiger partial charge < -0.3 is 15.4 Å². The van der Waals surface area contributed by atoms with Gasteiger partial charge in [-0.25, -0.2) is 0 Å². The summed E-state index contributed by atoms with van der Waals surface area (Å²) in [6.07, 6.45) is 4.97. The largest absolute Gasteiger partial charge is 0.385 e. The third-order valence-electron chi connectivity index (χ3n) is 3.91. The predicted molar refractivity (Wildman–Crippen MR) is 72.2 cm³/mol. The first-order valence-electron chi connectivity index (χ1n) is 6.71. The molecule has 1 saturated carbocycles. The maximum Gasteiger partial charge on any atom is 0.191 e. The average molecular weight is 241 g/mol. The molecular weight excluding hydrogens is 214 g/mol. The zero-order valence-corrected chi connectivity index (χ0v) is 11.5. The van der Waals surface area contributed by atoms with Crippen LogP contribution in [0.2, 0.25) is 0 Å². The van der Waals surface area contributed by atoms with Crippen molar-refractivity contribution in [3.63, 3.8) is 0 Å². The molecule has 17 heavy (non-hydrogen) atoms. The Labute approximate surface area is 105 Å². The molecule has 0 aliphatic heterocycles. The van der Waals surface area contributed by atoms with Gasteiger partial charge in [0.05, 0.1) is 0 Å². The second-order valence-electron chi connectivity index (χ2n) is 4.94. The van der Waals surface area contributed by atoms with Gasteiger partial charge in [-0.15, -0.1) is 0 Å². The Morgan fingerprint density at radius 2 is 2.00 bits per heavy atom. The van der Waals surface area contributed by atoms with Crippen LogP contribution in [-0.4, -0.2) is 44.2 Å². The highest BCUT2D eigenvalue weighted by Gasteiger charge is 2.36. The van der Waals surface area contributed by atoms with Gasteiger partial charge in [-0.05, 0) is 38.5 Å². The van der Waals surface area contributed by atoms with Gasteiger partial charge in [-0.3, -0.25) is 4.99 Å². The first-order valence-corrected chi connectivity index (χ1v) is 6.71. The molecule has 1 aliphatic rings. The number of guanidine groups is 1. The first kappa shape index (κ1) is 14.3. The molecule has 2 N–H and O–H groups in total. The molecule has 0 radical (unpaired) electrons. The lowest BCUT2D eigenvalue weighted by atomic mass is 9.67. The number of hydrogen-bond acceptors (Lipinski definition) is 2. The summed E-state index contributed by atoms with van der Waals surface area (Å²) in [4.78, 5) is 6.68. The van der Waals surface area contributed by atoms with Crippen molar-refractivity contribution in [2.45, 2.75) is 39.5 Å². The smallest absolute Gasteiger partial charge is 0.191 e. The van der Waals surface area contributed by atoms with E-state index < -0.39 is 0 Å². The van der Waals surface area contributed by atoms with Crippen molar-refractivity contribution >= 4 is 5.96 Å². The summed E-state index contributed by atoms with van der Waals surface area (Å²) in [6.45, 7) is 7.76. The number of rotatable bonds is 7. The van der Waals surface area contributed by atoms with Crippen molar-refractivity contribution in [2.24, 2.45) is 16.1 Å². The van der Waals surface area contributed by atoms with Crippen molar-refractivity contribution in [1.82, 2.24) is 4.90 Å². The minimum absolute atomic E-state index is 0.369. The van der Waals surface area contributed by atoms with Crippen molar-refractivity contribution in [2.75, 3.05) is 33.4 Å². The maximum absolute atomic E-state index is 6.00. The van der Waals surface area contributed by atoms with Crippen molar-refractivity contribution in [3.05, 3.63) is 0 Å². The van der Waals surface area contributed by atoms with Crippen LogP contribution in [0.25, 0.3) is 0 Å². The zero-order valence-electron chi connectivity index (χ0n) is 11.5. The molecular formula is C13H27N3O. The number of nitrogens with two attached hydrogens (primary N) is 1. The number of aliphatic imine (C=N–C) groups is 1.